The van der Waals surface area contributed by atoms with Gasteiger partial charge in [-0.3, -0.25) is 4.79 Å². The molecule has 0 saturated carbocycles. The van der Waals surface area contributed by atoms with Gasteiger partial charge in [0.15, 0.2) is 0 Å². The molecule has 4 aromatic rings. The number of amides is 1. The fraction of sp³-hybridized carbons (Fsp3) is 0.194. The normalized spacial score (nSPS) is 10.7. The first-order valence-corrected chi connectivity index (χ1v) is 13.2. The van der Waals surface area contributed by atoms with Crippen LogP contribution in [0.4, 0.5) is 0 Å². The molecule has 0 aliphatic carbocycles. The summed E-state index contributed by atoms with van der Waals surface area (Å²) in [4.78, 5) is 16.8. The predicted molar refractivity (Wildman–Crippen MR) is 148 cm³/mol. The van der Waals surface area contributed by atoms with Gasteiger partial charge in [-0.1, -0.05) is 91.0 Å². The Labute approximate surface area is 218 Å². The van der Waals surface area contributed by atoms with Crippen LogP contribution in [0.2, 0.25) is 0 Å². The van der Waals surface area contributed by atoms with Crippen molar-refractivity contribution in [2.75, 3.05) is 13.1 Å². The number of hydrogen-bond donors (Lipinski definition) is 1. The number of carbonyl (C=O) groups is 1. The van der Waals surface area contributed by atoms with Crippen molar-refractivity contribution in [2.45, 2.75) is 30.2 Å². The van der Waals surface area contributed by atoms with Crippen LogP contribution >= 0.6 is 11.8 Å². The zero-order valence-electron chi connectivity index (χ0n) is 20.4. The van der Waals surface area contributed by atoms with Gasteiger partial charge < -0.3 is 15.4 Å². The molecule has 0 bridgehead atoms. The number of nitrogens with zero attached hydrogens (tertiary/aromatic N) is 1. The van der Waals surface area contributed by atoms with Crippen LogP contribution in [0.25, 0.3) is 0 Å². The molecule has 0 aliphatic heterocycles. The van der Waals surface area contributed by atoms with Gasteiger partial charge in [0.05, 0.1) is 5.56 Å². The zero-order valence-corrected chi connectivity index (χ0v) is 21.2. The minimum absolute atomic E-state index is 0.0463. The molecular formula is C31H32N2O2S. The molecule has 4 aromatic carbocycles. The lowest BCUT2D eigenvalue weighted by atomic mass is 10.1. The van der Waals surface area contributed by atoms with Gasteiger partial charge >= 0.3 is 0 Å². The molecule has 36 heavy (non-hydrogen) atoms. The maximum absolute atomic E-state index is 13.8. The monoisotopic (exact) mass is 496 g/mol. The molecular weight excluding hydrogens is 464 g/mol. The number of thioether (sulfide) groups is 1. The lowest BCUT2D eigenvalue weighted by Crippen LogP contribution is -2.33. The van der Waals surface area contributed by atoms with Crippen molar-refractivity contribution in [3.05, 3.63) is 131 Å². The van der Waals surface area contributed by atoms with Crippen LogP contribution in [-0.4, -0.2) is 23.9 Å². The van der Waals surface area contributed by atoms with Crippen molar-refractivity contribution in [3.8, 4) is 5.75 Å². The first-order valence-electron chi connectivity index (χ1n) is 12.2. The highest BCUT2D eigenvalue weighted by molar-refractivity contribution is 7.98. The van der Waals surface area contributed by atoms with Crippen molar-refractivity contribution in [1.29, 1.82) is 0 Å². The molecule has 0 unspecified atom stereocenters. The van der Waals surface area contributed by atoms with E-state index in [1.165, 1.54) is 10.5 Å². The molecule has 4 rings (SSSR count). The summed E-state index contributed by atoms with van der Waals surface area (Å²) >= 11 is 1.80. The van der Waals surface area contributed by atoms with Crippen molar-refractivity contribution >= 4 is 17.7 Å². The maximum Gasteiger partial charge on any atom is 0.257 e. The van der Waals surface area contributed by atoms with Gasteiger partial charge in [-0.2, -0.15) is 0 Å². The summed E-state index contributed by atoms with van der Waals surface area (Å²) in [5, 5.41) is 0. The summed E-state index contributed by atoms with van der Waals surface area (Å²) < 4.78 is 6.08. The summed E-state index contributed by atoms with van der Waals surface area (Å²) in [6.45, 7) is 2.04. The number of rotatable bonds is 12. The van der Waals surface area contributed by atoms with Crippen molar-refractivity contribution in [2.24, 2.45) is 5.73 Å². The van der Waals surface area contributed by atoms with Crippen molar-refractivity contribution in [3.63, 3.8) is 0 Å². The van der Waals surface area contributed by atoms with Gasteiger partial charge in [-0.25, -0.2) is 0 Å². The number of benzene rings is 4. The lowest BCUT2D eigenvalue weighted by molar-refractivity contribution is 0.0736. The molecule has 1 amide bonds. The fourth-order valence-corrected chi connectivity index (χ4v) is 4.93. The van der Waals surface area contributed by atoms with E-state index in [0.29, 0.717) is 37.6 Å². The van der Waals surface area contributed by atoms with E-state index in [0.717, 1.165) is 23.3 Å². The van der Waals surface area contributed by atoms with Crippen LogP contribution < -0.4 is 10.5 Å². The summed E-state index contributed by atoms with van der Waals surface area (Å²) in [6.07, 6.45) is 0.734. The van der Waals surface area contributed by atoms with Crippen LogP contribution in [0.5, 0.6) is 5.75 Å². The van der Waals surface area contributed by atoms with E-state index in [9.17, 15) is 4.79 Å². The first-order chi connectivity index (χ1) is 17.7. The van der Waals surface area contributed by atoms with Gasteiger partial charge in [-0.15, -0.1) is 11.8 Å². The van der Waals surface area contributed by atoms with Gasteiger partial charge in [0, 0.05) is 23.7 Å². The maximum atomic E-state index is 13.8. The molecule has 5 heteroatoms. The average molecular weight is 497 g/mol. The van der Waals surface area contributed by atoms with Crippen LogP contribution in [0, 0.1) is 0 Å². The quantitative estimate of drug-likeness (QED) is 0.226. The first kappa shape index (κ1) is 25.5. The Morgan fingerprint density at radius 2 is 1.42 bits per heavy atom. The molecule has 0 aromatic heterocycles. The molecule has 2 N–H and O–H groups in total. The standard InChI is InChI=1S/C31H32N2O2S/c32-20-11-21-33(22-27-16-7-10-19-30(27)36-24-26-14-5-2-6-15-26)31(34)28-17-8-9-18-29(28)35-23-25-12-3-1-4-13-25/h1-10,12-19H,11,20-24,32H2. The van der Waals surface area contributed by atoms with Crippen LogP contribution in [-0.2, 0) is 18.9 Å². The Hall–Kier alpha value is -3.54. The zero-order chi connectivity index (χ0) is 25.0. The topological polar surface area (TPSA) is 55.6 Å². The van der Waals surface area contributed by atoms with Gasteiger partial charge in [-0.05, 0) is 47.9 Å². The van der Waals surface area contributed by atoms with Crippen molar-refractivity contribution in [1.82, 2.24) is 4.90 Å². The molecule has 0 atom stereocenters. The molecule has 184 valence electrons. The summed E-state index contributed by atoms with van der Waals surface area (Å²) in [5.74, 6) is 1.43. The van der Waals surface area contributed by atoms with E-state index in [-0.39, 0.29) is 5.91 Å². The molecule has 4 nitrogen and oxygen atoms in total. The third-order valence-corrected chi connectivity index (χ3v) is 7.03. The highest BCUT2D eigenvalue weighted by atomic mass is 32.2. The van der Waals surface area contributed by atoms with E-state index in [4.69, 9.17) is 10.5 Å². The smallest absolute Gasteiger partial charge is 0.257 e. The predicted octanol–water partition coefficient (Wildman–Crippen LogP) is 6.55. The van der Waals surface area contributed by atoms with E-state index < -0.39 is 0 Å². The second-order valence-electron chi connectivity index (χ2n) is 8.52. The number of carbonyl (C=O) groups excluding carboxylic acids is 1. The van der Waals surface area contributed by atoms with Gasteiger partial charge in [0.2, 0.25) is 0 Å². The van der Waals surface area contributed by atoms with E-state index in [1.54, 1.807) is 11.8 Å². The molecule has 0 heterocycles. The minimum Gasteiger partial charge on any atom is -0.488 e. The van der Waals surface area contributed by atoms with Gasteiger partial charge in [0.25, 0.3) is 5.91 Å². The molecule has 0 fully saturated rings. The van der Waals surface area contributed by atoms with E-state index in [2.05, 4.69) is 42.5 Å². The number of para-hydroxylation sites is 1. The van der Waals surface area contributed by atoms with Crippen LogP contribution in [0.1, 0.15) is 33.5 Å². The number of nitrogens with two attached hydrogens (primary N) is 1. The molecule has 0 aliphatic rings. The van der Waals surface area contributed by atoms with Crippen molar-refractivity contribution < 1.29 is 9.53 Å². The van der Waals surface area contributed by atoms with E-state index >= 15 is 0 Å². The number of hydrogen-bond acceptors (Lipinski definition) is 4. The van der Waals surface area contributed by atoms with Crippen LogP contribution in [0.3, 0.4) is 0 Å². The Kier molecular flexibility index (Phi) is 9.60. The number of ether oxygens (including phenoxy) is 1. The lowest BCUT2D eigenvalue weighted by Gasteiger charge is -2.25. The molecule has 0 spiro atoms. The second-order valence-corrected chi connectivity index (χ2v) is 9.54. The van der Waals surface area contributed by atoms with Crippen LogP contribution in [0.15, 0.2) is 114 Å². The summed E-state index contributed by atoms with van der Waals surface area (Å²) in [5.41, 5.74) is 9.86. The SMILES string of the molecule is NCCCN(Cc1ccccc1SCc1ccccc1)C(=O)c1ccccc1OCc1ccccc1. The molecule has 0 saturated heterocycles. The third kappa shape index (κ3) is 7.23. The molecule has 0 radical (unpaired) electrons. The van der Waals surface area contributed by atoms with E-state index in [1.807, 2.05) is 71.6 Å². The second kappa shape index (κ2) is 13.5. The van der Waals surface area contributed by atoms with Gasteiger partial charge in [0.1, 0.15) is 12.4 Å². The Morgan fingerprint density at radius 1 is 0.778 bits per heavy atom. The average Bonchev–Trinajstić information content (AvgIpc) is 2.94. The fourth-order valence-electron chi connectivity index (χ4n) is 3.93. The minimum atomic E-state index is -0.0463. The third-order valence-electron chi connectivity index (χ3n) is 5.84. The highest BCUT2D eigenvalue weighted by Crippen LogP contribution is 2.28. The summed E-state index contributed by atoms with van der Waals surface area (Å²) in [6, 6.07) is 36.2. The largest absolute Gasteiger partial charge is 0.488 e. The Balaban J connectivity index is 1.52. The Morgan fingerprint density at radius 3 is 2.17 bits per heavy atom. The highest BCUT2D eigenvalue weighted by Gasteiger charge is 2.21. The Bertz CT molecular complexity index is 1230. The summed E-state index contributed by atoms with van der Waals surface area (Å²) in [7, 11) is 0.